The molecule has 0 radical (unpaired) electrons. The Bertz CT molecular complexity index is 741. The molecule has 2 amide bonds. The molecule has 26 heavy (non-hydrogen) atoms. The van der Waals surface area contributed by atoms with Crippen LogP contribution in [0.15, 0.2) is 0 Å². The standard InChI is InChI=1S/C18H27N5O3/c1-12-17(14(3)24)13(2)23(19-12)6-5-16(25)22-10-9-21-8-7-20(4)18(26)15(21)11-22/h15H,5-11H2,1-4H3. The number of carbonyl (C=O) groups is 3. The van der Waals surface area contributed by atoms with E-state index in [0.29, 0.717) is 37.3 Å². The fourth-order valence-corrected chi connectivity index (χ4v) is 3.98. The number of fused-ring (bicyclic) bond motifs is 1. The molecule has 1 aromatic heterocycles. The molecule has 3 rings (SSSR count). The minimum atomic E-state index is -0.218. The van der Waals surface area contributed by atoms with Crippen LogP contribution in [0, 0.1) is 13.8 Å². The van der Waals surface area contributed by atoms with Gasteiger partial charge in [-0.2, -0.15) is 5.10 Å². The van der Waals surface area contributed by atoms with E-state index in [1.54, 1.807) is 14.5 Å². The smallest absolute Gasteiger partial charge is 0.241 e. The van der Waals surface area contributed by atoms with E-state index in [1.165, 1.54) is 6.92 Å². The quantitative estimate of drug-likeness (QED) is 0.710. The zero-order valence-corrected chi connectivity index (χ0v) is 16.0. The summed E-state index contributed by atoms with van der Waals surface area (Å²) >= 11 is 0. The highest BCUT2D eigenvalue weighted by molar-refractivity contribution is 5.96. The Morgan fingerprint density at radius 2 is 1.85 bits per heavy atom. The number of likely N-dealkylation sites (N-methyl/N-ethyl adjacent to an activating group) is 1. The molecule has 8 nitrogen and oxygen atoms in total. The van der Waals surface area contributed by atoms with Gasteiger partial charge in [-0.1, -0.05) is 0 Å². The van der Waals surface area contributed by atoms with Crippen LogP contribution >= 0.6 is 0 Å². The molecular formula is C18H27N5O3. The predicted octanol–water partition coefficient (Wildman–Crippen LogP) is 0.0774. The summed E-state index contributed by atoms with van der Waals surface area (Å²) in [5.41, 5.74) is 2.14. The highest BCUT2D eigenvalue weighted by Gasteiger charge is 2.38. The lowest BCUT2D eigenvalue weighted by atomic mass is 10.1. The Morgan fingerprint density at radius 1 is 1.15 bits per heavy atom. The van der Waals surface area contributed by atoms with E-state index in [0.717, 1.165) is 25.3 Å². The minimum absolute atomic E-state index is 0.00590. The molecule has 0 aliphatic carbocycles. The third-order valence-corrected chi connectivity index (χ3v) is 5.50. The van der Waals surface area contributed by atoms with Gasteiger partial charge in [0.1, 0.15) is 6.04 Å². The molecule has 0 spiro atoms. The van der Waals surface area contributed by atoms with E-state index in [-0.39, 0.29) is 23.6 Å². The summed E-state index contributed by atoms with van der Waals surface area (Å²) in [6, 6.07) is -0.218. The first-order valence-corrected chi connectivity index (χ1v) is 9.11. The van der Waals surface area contributed by atoms with Gasteiger partial charge in [-0.25, -0.2) is 0 Å². The second kappa shape index (κ2) is 7.19. The third-order valence-electron chi connectivity index (χ3n) is 5.50. The van der Waals surface area contributed by atoms with E-state index < -0.39 is 0 Å². The molecule has 2 aliphatic rings. The van der Waals surface area contributed by atoms with Gasteiger partial charge in [-0.05, 0) is 20.8 Å². The van der Waals surface area contributed by atoms with Gasteiger partial charge < -0.3 is 9.80 Å². The second-order valence-corrected chi connectivity index (χ2v) is 7.23. The van der Waals surface area contributed by atoms with Crippen LogP contribution in [-0.4, -0.2) is 87.9 Å². The molecule has 0 aromatic carbocycles. The van der Waals surface area contributed by atoms with Gasteiger partial charge in [-0.15, -0.1) is 0 Å². The summed E-state index contributed by atoms with van der Waals surface area (Å²) in [5.74, 6) is 0.120. The molecule has 1 atom stereocenters. The zero-order valence-electron chi connectivity index (χ0n) is 16.0. The molecule has 0 N–H and O–H groups in total. The summed E-state index contributed by atoms with van der Waals surface area (Å²) in [7, 11) is 1.82. The number of Topliss-reactive ketones (excluding diaryl/α,β-unsaturated/α-hetero) is 1. The Morgan fingerprint density at radius 3 is 2.50 bits per heavy atom. The number of carbonyl (C=O) groups excluding carboxylic acids is 3. The maximum absolute atomic E-state index is 12.6. The highest BCUT2D eigenvalue weighted by Crippen LogP contribution is 2.18. The summed E-state index contributed by atoms with van der Waals surface area (Å²) in [5, 5.41) is 4.39. The number of hydrogen-bond donors (Lipinski definition) is 0. The average molecular weight is 361 g/mol. The van der Waals surface area contributed by atoms with E-state index in [9.17, 15) is 14.4 Å². The van der Waals surface area contributed by atoms with E-state index in [4.69, 9.17) is 0 Å². The van der Waals surface area contributed by atoms with Crippen molar-refractivity contribution in [1.29, 1.82) is 0 Å². The number of amides is 2. The zero-order chi connectivity index (χ0) is 19.0. The minimum Gasteiger partial charge on any atom is -0.343 e. The van der Waals surface area contributed by atoms with Crippen LogP contribution < -0.4 is 0 Å². The van der Waals surface area contributed by atoms with Crippen molar-refractivity contribution in [2.24, 2.45) is 0 Å². The summed E-state index contributed by atoms with van der Waals surface area (Å²) in [6.45, 7) is 9.11. The van der Waals surface area contributed by atoms with Crippen LogP contribution in [0.2, 0.25) is 0 Å². The molecule has 2 aliphatic heterocycles. The first kappa shape index (κ1) is 18.6. The SMILES string of the molecule is CC(=O)c1c(C)nn(CCC(=O)N2CCN3CCN(C)C(=O)C3C2)c1C. The van der Waals surface area contributed by atoms with E-state index in [1.807, 2.05) is 20.9 Å². The molecule has 2 saturated heterocycles. The van der Waals surface area contributed by atoms with E-state index >= 15 is 0 Å². The Balaban J connectivity index is 1.62. The van der Waals surface area contributed by atoms with Crippen LogP contribution in [0.4, 0.5) is 0 Å². The Hall–Kier alpha value is -2.22. The van der Waals surface area contributed by atoms with Crippen molar-refractivity contribution in [3.63, 3.8) is 0 Å². The van der Waals surface area contributed by atoms with Gasteiger partial charge in [0, 0.05) is 58.4 Å². The topological polar surface area (TPSA) is 78.8 Å². The number of rotatable bonds is 4. The summed E-state index contributed by atoms with van der Waals surface area (Å²) < 4.78 is 1.74. The maximum atomic E-state index is 12.6. The average Bonchev–Trinajstić information content (AvgIpc) is 2.89. The van der Waals surface area contributed by atoms with Crippen molar-refractivity contribution in [3.05, 3.63) is 17.0 Å². The lowest BCUT2D eigenvalue weighted by Crippen LogP contribution is -2.64. The van der Waals surface area contributed by atoms with Crippen LogP contribution in [0.3, 0.4) is 0 Å². The molecule has 0 bridgehead atoms. The van der Waals surface area contributed by atoms with Gasteiger partial charge >= 0.3 is 0 Å². The fourth-order valence-electron chi connectivity index (χ4n) is 3.98. The first-order chi connectivity index (χ1) is 12.3. The van der Waals surface area contributed by atoms with Crippen molar-refractivity contribution in [3.8, 4) is 0 Å². The van der Waals surface area contributed by atoms with Crippen LogP contribution in [0.1, 0.15) is 35.1 Å². The van der Waals surface area contributed by atoms with Crippen LogP contribution in [0.25, 0.3) is 0 Å². The molecule has 3 heterocycles. The lowest BCUT2D eigenvalue weighted by Gasteiger charge is -2.45. The molecule has 0 saturated carbocycles. The fraction of sp³-hybridized carbons (Fsp3) is 0.667. The number of ketones is 1. The monoisotopic (exact) mass is 361 g/mol. The third kappa shape index (κ3) is 3.38. The summed E-state index contributed by atoms with van der Waals surface area (Å²) in [4.78, 5) is 42.4. The van der Waals surface area contributed by atoms with Crippen LogP contribution in [-0.2, 0) is 16.1 Å². The largest absolute Gasteiger partial charge is 0.343 e. The summed E-state index contributed by atoms with van der Waals surface area (Å²) in [6.07, 6.45) is 0.316. The molecule has 2 fully saturated rings. The molecule has 1 aromatic rings. The van der Waals surface area contributed by atoms with Crippen molar-refractivity contribution < 1.29 is 14.4 Å². The lowest BCUT2D eigenvalue weighted by molar-refractivity contribution is -0.147. The first-order valence-electron chi connectivity index (χ1n) is 9.11. The number of piperazine rings is 2. The second-order valence-electron chi connectivity index (χ2n) is 7.23. The van der Waals surface area contributed by atoms with Gasteiger partial charge in [0.2, 0.25) is 11.8 Å². The molecule has 1 unspecified atom stereocenters. The van der Waals surface area contributed by atoms with Crippen molar-refractivity contribution in [2.75, 3.05) is 39.8 Å². The Labute approximate surface area is 153 Å². The van der Waals surface area contributed by atoms with E-state index in [2.05, 4.69) is 10.00 Å². The number of nitrogens with zero attached hydrogens (tertiary/aromatic N) is 5. The van der Waals surface area contributed by atoms with Crippen molar-refractivity contribution in [2.45, 2.75) is 39.8 Å². The van der Waals surface area contributed by atoms with Crippen LogP contribution in [0.5, 0.6) is 0 Å². The predicted molar refractivity (Wildman–Crippen MR) is 95.9 cm³/mol. The highest BCUT2D eigenvalue weighted by atomic mass is 16.2. The number of hydrogen-bond acceptors (Lipinski definition) is 5. The molecule has 142 valence electrons. The van der Waals surface area contributed by atoms with Gasteiger partial charge in [0.15, 0.2) is 5.78 Å². The maximum Gasteiger partial charge on any atom is 0.241 e. The number of aromatic nitrogens is 2. The molecule has 8 heteroatoms. The molecular weight excluding hydrogens is 334 g/mol. The van der Waals surface area contributed by atoms with Gasteiger partial charge in [0.25, 0.3) is 0 Å². The van der Waals surface area contributed by atoms with Gasteiger partial charge in [-0.3, -0.25) is 24.0 Å². The van der Waals surface area contributed by atoms with Crippen molar-refractivity contribution >= 4 is 17.6 Å². The normalized spacial score (nSPS) is 21.1. The Kier molecular flexibility index (Phi) is 5.13. The van der Waals surface area contributed by atoms with Crippen molar-refractivity contribution in [1.82, 2.24) is 24.5 Å². The van der Waals surface area contributed by atoms with Gasteiger partial charge in [0.05, 0.1) is 11.3 Å². The number of aryl methyl sites for hydroxylation is 2.